The monoisotopic (exact) mass is 278 g/mol. The van der Waals surface area contributed by atoms with Gasteiger partial charge in [0, 0.05) is 32.4 Å². The second-order valence-corrected chi connectivity index (χ2v) is 5.13. The topological polar surface area (TPSA) is 23.8 Å². The van der Waals surface area contributed by atoms with E-state index >= 15 is 0 Å². The van der Waals surface area contributed by atoms with E-state index in [2.05, 4.69) is 21.1 Å². The van der Waals surface area contributed by atoms with Gasteiger partial charge in [-0.15, -0.1) is 11.6 Å². The molecule has 4 nitrogen and oxygen atoms in total. The second-order valence-electron chi connectivity index (χ2n) is 4.87. The minimum atomic E-state index is 0.495. The molecule has 19 heavy (non-hydrogen) atoms. The first kappa shape index (κ1) is 12.8. The highest BCUT2D eigenvalue weighted by molar-refractivity contribution is 6.17. The molecule has 0 unspecified atom stereocenters. The Labute approximate surface area is 118 Å². The van der Waals surface area contributed by atoms with Crippen molar-refractivity contribution in [2.45, 2.75) is 12.8 Å². The van der Waals surface area contributed by atoms with Crippen molar-refractivity contribution in [1.29, 1.82) is 0 Å². The fourth-order valence-electron chi connectivity index (χ4n) is 2.69. The summed E-state index contributed by atoms with van der Waals surface area (Å²) in [5.74, 6) is 1.55. The van der Waals surface area contributed by atoms with E-state index in [4.69, 9.17) is 16.6 Å². The first-order valence-electron chi connectivity index (χ1n) is 6.82. The molecule has 0 saturated carbocycles. The molecule has 0 radical (unpaired) electrons. The van der Waals surface area contributed by atoms with Crippen molar-refractivity contribution in [1.82, 2.24) is 14.3 Å². The molecule has 1 aliphatic heterocycles. The summed E-state index contributed by atoms with van der Waals surface area (Å²) in [4.78, 5) is 9.57. The van der Waals surface area contributed by atoms with Gasteiger partial charge in [-0.05, 0) is 18.7 Å². The van der Waals surface area contributed by atoms with Crippen molar-refractivity contribution >= 4 is 23.1 Å². The maximum atomic E-state index is 6.13. The summed E-state index contributed by atoms with van der Waals surface area (Å²) in [7, 11) is 0. The number of aromatic nitrogens is 2. The predicted molar refractivity (Wildman–Crippen MR) is 79.1 cm³/mol. The molecule has 0 aromatic carbocycles. The van der Waals surface area contributed by atoms with Crippen molar-refractivity contribution in [3.05, 3.63) is 30.1 Å². The number of fused-ring (bicyclic) bond motifs is 1. The number of hydrogen-bond acceptors (Lipinski definition) is 3. The van der Waals surface area contributed by atoms with Gasteiger partial charge in [-0.25, -0.2) is 4.98 Å². The van der Waals surface area contributed by atoms with Gasteiger partial charge in [0.25, 0.3) is 0 Å². The smallest absolute Gasteiger partial charge is 0.152 e. The zero-order valence-corrected chi connectivity index (χ0v) is 12.0. The molecule has 0 atom stereocenters. The van der Waals surface area contributed by atoms with Crippen LogP contribution in [0.25, 0.3) is 5.65 Å². The average molecular weight is 279 g/mol. The molecule has 102 valence electrons. The summed E-state index contributed by atoms with van der Waals surface area (Å²) in [5, 5.41) is 0. The molecule has 0 amide bonds. The largest absolute Gasteiger partial charge is 0.352 e. The summed E-state index contributed by atoms with van der Waals surface area (Å²) in [5.41, 5.74) is 2.08. The molecule has 5 heteroatoms. The van der Waals surface area contributed by atoms with Crippen LogP contribution in [-0.2, 0) is 5.88 Å². The molecule has 3 rings (SSSR count). The third-order valence-electron chi connectivity index (χ3n) is 3.85. The lowest BCUT2D eigenvalue weighted by atomic mass is 10.3. The van der Waals surface area contributed by atoms with E-state index in [0.29, 0.717) is 5.88 Å². The molecule has 0 bridgehead atoms. The van der Waals surface area contributed by atoms with Gasteiger partial charge in [0.05, 0.1) is 11.6 Å². The van der Waals surface area contributed by atoms with Gasteiger partial charge in [0.1, 0.15) is 5.65 Å². The van der Waals surface area contributed by atoms with Crippen LogP contribution in [0.1, 0.15) is 12.6 Å². The Morgan fingerprint density at radius 3 is 2.68 bits per heavy atom. The first-order chi connectivity index (χ1) is 9.33. The van der Waals surface area contributed by atoms with Crippen LogP contribution < -0.4 is 4.90 Å². The van der Waals surface area contributed by atoms with Crippen molar-refractivity contribution in [2.24, 2.45) is 0 Å². The Bertz CT molecular complexity index is 558. The number of hydrogen-bond donors (Lipinski definition) is 0. The maximum absolute atomic E-state index is 6.13. The zero-order valence-electron chi connectivity index (χ0n) is 11.2. The maximum Gasteiger partial charge on any atom is 0.152 e. The lowest BCUT2D eigenvalue weighted by Crippen LogP contribution is -2.46. The number of anilines is 1. The van der Waals surface area contributed by atoms with E-state index in [1.165, 1.54) is 0 Å². The molecule has 3 heterocycles. The number of rotatable bonds is 3. The van der Waals surface area contributed by atoms with E-state index in [9.17, 15) is 0 Å². The molecule has 2 aromatic rings. The van der Waals surface area contributed by atoms with Crippen LogP contribution in [0.4, 0.5) is 5.82 Å². The van der Waals surface area contributed by atoms with Gasteiger partial charge in [-0.3, -0.25) is 0 Å². The fourth-order valence-corrected chi connectivity index (χ4v) is 2.94. The summed E-state index contributed by atoms with van der Waals surface area (Å²) in [6, 6.07) is 6.06. The molecule has 1 fully saturated rings. The van der Waals surface area contributed by atoms with Gasteiger partial charge in [-0.1, -0.05) is 13.0 Å². The molecule has 1 aliphatic rings. The number of halogens is 1. The minimum Gasteiger partial charge on any atom is -0.352 e. The highest BCUT2D eigenvalue weighted by Gasteiger charge is 2.21. The normalized spacial score (nSPS) is 17.3. The van der Waals surface area contributed by atoms with Crippen LogP contribution in [0.2, 0.25) is 0 Å². The van der Waals surface area contributed by atoms with Crippen LogP contribution in [0.3, 0.4) is 0 Å². The van der Waals surface area contributed by atoms with Gasteiger partial charge in [0.2, 0.25) is 0 Å². The van der Waals surface area contributed by atoms with Crippen LogP contribution >= 0.6 is 11.6 Å². The molecule has 0 spiro atoms. The van der Waals surface area contributed by atoms with Crippen LogP contribution in [-0.4, -0.2) is 47.0 Å². The van der Waals surface area contributed by atoms with Gasteiger partial charge < -0.3 is 14.2 Å². The first-order valence-corrected chi connectivity index (χ1v) is 7.36. The van der Waals surface area contributed by atoms with Crippen LogP contribution in [0.15, 0.2) is 24.4 Å². The Morgan fingerprint density at radius 1 is 1.21 bits per heavy atom. The lowest BCUT2D eigenvalue weighted by Gasteiger charge is -2.34. The Balaban J connectivity index is 1.92. The van der Waals surface area contributed by atoms with E-state index in [-0.39, 0.29) is 0 Å². The number of nitrogens with zero attached hydrogens (tertiary/aromatic N) is 4. The third kappa shape index (κ3) is 2.30. The lowest BCUT2D eigenvalue weighted by molar-refractivity contribution is 0.270. The quantitative estimate of drug-likeness (QED) is 0.805. The fraction of sp³-hybridized carbons (Fsp3) is 0.500. The van der Waals surface area contributed by atoms with Crippen LogP contribution in [0, 0.1) is 0 Å². The molecule has 0 aliphatic carbocycles. The van der Waals surface area contributed by atoms with E-state index in [1.54, 1.807) is 0 Å². The highest BCUT2D eigenvalue weighted by atomic mass is 35.5. The highest BCUT2D eigenvalue weighted by Crippen LogP contribution is 2.24. The zero-order chi connectivity index (χ0) is 13.2. The van der Waals surface area contributed by atoms with Crippen molar-refractivity contribution < 1.29 is 0 Å². The molecule has 0 N–H and O–H groups in total. The number of pyridine rings is 1. The van der Waals surface area contributed by atoms with Gasteiger partial charge in [-0.2, -0.15) is 0 Å². The number of piperazine rings is 1. The van der Waals surface area contributed by atoms with Gasteiger partial charge >= 0.3 is 0 Å². The van der Waals surface area contributed by atoms with E-state index < -0.39 is 0 Å². The Morgan fingerprint density at radius 2 is 2.00 bits per heavy atom. The van der Waals surface area contributed by atoms with Crippen molar-refractivity contribution in [3.8, 4) is 0 Å². The van der Waals surface area contributed by atoms with Crippen LogP contribution in [0.5, 0.6) is 0 Å². The molecule has 1 saturated heterocycles. The number of likely N-dealkylation sites (N-methyl/N-ethyl adjacent to an activating group) is 1. The van der Waals surface area contributed by atoms with E-state index in [0.717, 1.165) is 49.9 Å². The van der Waals surface area contributed by atoms with Crippen molar-refractivity contribution in [2.75, 3.05) is 37.6 Å². The summed E-state index contributed by atoms with van der Waals surface area (Å²) < 4.78 is 2.09. The average Bonchev–Trinajstić information content (AvgIpc) is 2.85. The molecule has 2 aromatic heterocycles. The minimum absolute atomic E-state index is 0.495. The third-order valence-corrected chi connectivity index (χ3v) is 4.11. The number of alkyl halides is 1. The Kier molecular flexibility index (Phi) is 3.62. The predicted octanol–water partition coefficient (Wildman–Crippen LogP) is 2.21. The molecular weight excluding hydrogens is 260 g/mol. The SMILES string of the molecule is CCN1CCN(c2nc3ccccn3c2CCl)CC1. The summed E-state index contributed by atoms with van der Waals surface area (Å²) >= 11 is 6.13. The summed E-state index contributed by atoms with van der Waals surface area (Å²) in [6.45, 7) is 7.60. The second kappa shape index (κ2) is 5.39. The Hall–Kier alpha value is -1.26. The standard InChI is InChI=1S/C14H19ClN4/c1-2-17-7-9-18(10-8-17)14-12(11-15)19-6-4-3-5-13(19)16-14/h3-6H,2,7-11H2,1H3. The van der Waals surface area contributed by atoms with Gasteiger partial charge in [0.15, 0.2) is 5.82 Å². The number of imidazole rings is 1. The summed E-state index contributed by atoms with van der Waals surface area (Å²) in [6.07, 6.45) is 2.03. The molecular formula is C14H19ClN4. The van der Waals surface area contributed by atoms with E-state index in [1.807, 2.05) is 24.4 Å². The van der Waals surface area contributed by atoms with Crippen molar-refractivity contribution in [3.63, 3.8) is 0 Å².